The SMILES string of the molecule is [2H]c1c([2H])c(C([2H])([2H])[13C@@]([2H])(N)C(=O)O)c([2H])c(O)c1O. The summed E-state index contributed by atoms with van der Waals surface area (Å²) in [5.74, 6) is -4.35. The van der Waals surface area contributed by atoms with Gasteiger partial charge in [0.25, 0.3) is 0 Å². The third-order valence-corrected chi connectivity index (χ3v) is 1.26. The molecule has 0 radical (unpaired) electrons. The van der Waals surface area contributed by atoms with Crippen molar-refractivity contribution in [3.63, 3.8) is 0 Å². The van der Waals surface area contributed by atoms with Gasteiger partial charge in [0.2, 0.25) is 0 Å². The Balaban J connectivity index is 3.76. The van der Waals surface area contributed by atoms with E-state index in [1.165, 1.54) is 0 Å². The first kappa shape index (κ1) is 4.65. The highest BCUT2D eigenvalue weighted by molar-refractivity contribution is 5.73. The van der Waals surface area contributed by atoms with Crippen LogP contribution in [0.5, 0.6) is 11.5 Å². The Morgan fingerprint density at radius 1 is 1.64 bits per heavy atom. The normalized spacial score (nSPS) is 21.8. The Morgan fingerprint density at radius 2 is 2.29 bits per heavy atom. The summed E-state index contributed by atoms with van der Waals surface area (Å²) in [5, 5.41) is 27.5. The molecule has 0 aliphatic rings. The van der Waals surface area contributed by atoms with Crippen LogP contribution in [-0.2, 0) is 11.2 Å². The van der Waals surface area contributed by atoms with Crippen molar-refractivity contribution in [3.8, 4) is 11.5 Å². The second-order valence-corrected chi connectivity index (χ2v) is 2.29. The predicted molar refractivity (Wildman–Crippen MR) is 49.1 cm³/mol. The van der Waals surface area contributed by atoms with Crippen molar-refractivity contribution in [2.75, 3.05) is 0 Å². The number of phenolic OH excluding ortho intramolecular Hbond substituents is 2. The summed E-state index contributed by atoms with van der Waals surface area (Å²) in [5.41, 5.74) is 4.01. The molecule has 0 aliphatic carbocycles. The second-order valence-electron chi connectivity index (χ2n) is 2.29. The minimum absolute atomic E-state index is 1.00. The van der Waals surface area contributed by atoms with Crippen molar-refractivity contribution in [1.29, 1.82) is 0 Å². The molecule has 0 heterocycles. The van der Waals surface area contributed by atoms with Gasteiger partial charge in [-0.05, 0) is 24.0 Å². The van der Waals surface area contributed by atoms with Crippen LogP contribution in [0.4, 0.5) is 0 Å². The number of aromatic hydroxyl groups is 2. The fourth-order valence-electron chi connectivity index (χ4n) is 0.640. The molecule has 1 aromatic rings. The molecule has 1 rings (SSSR count). The van der Waals surface area contributed by atoms with Gasteiger partial charge in [-0.2, -0.15) is 0 Å². The van der Waals surface area contributed by atoms with Gasteiger partial charge in [-0.15, -0.1) is 0 Å². The molecule has 0 amide bonds. The first-order valence-electron chi connectivity index (χ1n) is 6.41. The largest absolute Gasteiger partial charge is 0.504 e. The quantitative estimate of drug-likeness (QED) is 0.411. The van der Waals surface area contributed by atoms with Gasteiger partial charge in [-0.25, -0.2) is 0 Å². The molecule has 14 heavy (non-hydrogen) atoms. The number of nitrogens with two attached hydrogens (primary N) is 1. The van der Waals surface area contributed by atoms with E-state index in [9.17, 15) is 15.0 Å². The average molecular weight is 204 g/mol. The third kappa shape index (κ3) is 2.37. The zero-order valence-electron chi connectivity index (χ0n) is 12.8. The number of carboxylic acids is 1. The molecule has 5 heteroatoms. The molecule has 1 atom stereocenters. The van der Waals surface area contributed by atoms with Crippen LogP contribution in [0.3, 0.4) is 0 Å². The average Bonchev–Trinajstić information content (AvgIpc) is 2.33. The van der Waals surface area contributed by atoms with Gasteiger partial charge in [-0.3, -0.25) is 4.79 Å². The molecular weight excluding hydrogens is 187 g/mol. The van der Waals surface area contributed by atoms with Crippen molar-refractivity contribution < 1.29 is 28.3 Å². The smallest absolute Gasteiger partial charge is 0.320 e. The molecule has 0 bridgehead atoms. The monoisotopic (exact) mass is 204 g/mol. The fraction of sp³-hybridized carbons (Fsp3) is 0.222. The Hall–Kier alpha value is -1.75. The highest BCUT2D eigenvalue weighted by Crippen LogP contribution is 2.25. The summed E-state index contributed by atoms with van der Waals surface area (Å²) in [6, 6.07) is -6.39. The summed E-state index contributed by atoms with van der Waals surface area (Å²) >= 11 is 0. The van der Waals surface area contributed by atoms with Gasteiger partial charge in [-0.1, -0.05) is 6.04 Å². The minimum atomic E-state index is -3.26. The number of rotatable bonds is 3. The van der Waals surface area contributed by atoms with Gasteiger partial charge < -0.3 is 21.1 Å². The van der Waals surface area contributed by atoms with Gasteiger partial charge in [0.1, 0.15) is 6.02 Å². The lowest BCUT2D eigenvalue weighted by molar-refractivity contribution is -0.138. The first-order valence-corrected chi connectivity index (χ1v) is 3.41. The minimum Gasteiger partial charge on any atom is -0.504 e. The highest BCUT2D eigenvalue weighted by atomic mass is 16.4. The van der Waals surface area contributed by atoms with E-state index in [2.05, 4.69) is 0 Å². The van der Waals surface area contributed by atoms with Gasteiger partial charge in [0.05, 0.1) is 5.48 Å². The lowest BCUT2D eigenvalue weighted by Crippen LogP contribution is -2.32. The van der Waals surface area contributed by atoms with E-state index in [4.69, 9.17) is 19.1 Å². The maximum absolute atomic E-state index is 10.9. The molecule has 1 aromatic carbocycles. The van der Waals surface area contributed by atoms with Crippen LogP contribution in [0, 0.1) is 0 Å². The van der Waals surface area contributed by atoms with Crippen LogP contribution in [0.15, 0.2) is 18.1 Å². The molecule has 0 spiro atoms. The number of aliphatic carboxylic acids is 1. The number of hydrogen-bond acceptors (Lipinski definition) is 4. The number of hydrogen-bond donors (Lipinski definition) is 4. The Bertz CT molecular complexity index is 559. The lowest BCUT2D eigenvalue weighted by Gasteiger charge is -2.06. The van der Waals surface area contributed by atoms with Crippen molar-refractivity contribution in [1.82, 2.24) is 0 Å². The maximum atomic E-state index is 10.9. The van der Waals surface area contributed by atoms with E-state index < -0.39 is 53.5 Å². The van der Waals surface area contributed by atoms with E-state index in [1.54, 1.807) is 0 Å². The zero-order chi connectivity index (χ0) is 16.0. The van der Waals surface area contributed by atoms with Crippen LogP contribution in [0.25, 0.3) is 0 Å². The molecule has 0 unspecified atom stereocenters. The third-order valence-electron chi connectivity index (χ3n) is 1.26. The summed E-state index contributed by atoms with van der Waals surface area (Å²) in [7, 11) is 0. The van der Waals surface area contributed by atoms with E-state index in [0.29, 0.717) is 0 Å². The van der Waals surface area contributed by atoms with Crippen LogP contribution in [0.2, 0.25) is 0 Å². The van der Waals surface area contributed by atoms with Crippen LogP contribution in [-0.4, -0.2) is 27.3 Å². The van der Waals surface area contributed by atoms with Crippen LogP contribution >= 0.6 is 0 Å². The molecule has 0 fully saturated rings. The summed E-state index contributed by atoms with van der Waals surface area (Å²) in [6.07, 6.45) is -3.26. The Labute approximate surface area is 88.8 Å². The lowest BCUT2D eigenvalue weighted by atomic mass is 10.1. The standard InChI is InChI=1S/C9H11NO4/c10-6(9(13)14)3-5-1-2-7(11)8(12)4-5/h1-2,4,6,11-12H,3,10H2,(H,13,14)/t6-/m1/s1/i1D,2D,3D2,4D,6+1D. The zero-order valence-corrected chi connectivity index (χ0v) is 6.83. The molecule has 5 N–H and O–H groups in total. The van der Waals surface area contributed by atoms with Crippen molar-refractivity contribution in [2.45, 2.75) is 12.4 Å². The highest BCUT2D eigenvalue weighted by Gasteiger charge is 2.12. The predicted octanol–water partition coefficient (Wildman–Crippen LogP) is 0.0522. The summed E-state index contributed by atoms with van der Waals surface area (Å²) in [4.78, 5) is 10.9. The van der Waals surface area contributed by atoms with Gasteiger partial charge in [0.15, 0.2) is 11.5 Å². The van der Waals surface area contributed by atoms with Gasteiger partial charge in [0, 0.05) is 2.74 Å². The molecule has 0 aliphatic heterocycles. The van der Waals surface area contributed by atoms with E-state index in [-0.39, 0.29) is 0 Å². The number of benzene rings is 1. The second kappa shape index (κ2) is 3.97. The molecule has 0 saturated carbocycles. The molecule has 0 aromatic heterocycles. The van der Waals surface area contributed by atoms with Crippen molar-refractivity contribution in [2.24, 2.45) is 5.73 Å². The first-order chi connectivity index (χ1) is 8.87. The number of carbonyl (C=O) groups is 1. The van der Waals surface area contributed by atoms with Gasteiger partial charge >= 0.3 is 5.97 Å². The van der Waals surface area contributed by atoms with Crippen LogP contribution < -0.4 is 5.73 Å². The fourth-order valence-corrected chi connectivity index (χ4v) is 0.640. The van der Waals surface area contributed by atoms with E-state index in [1.807, 2.05) is 0 Å². The Morgan fingerprint density at radius 3 is 2.86 bits per heavy atom. The number of phenols is 2. The molecular formula is C9H11NO4. The van der Waals surface area contributed by atoms with Crippen molar-refractivity contribution in [3.05, 3.63) is 23.7 Å². The maximum Gasteiger partial charge on any atom is 0.320 e. The summed E-state index contributed by atoms with van der Waals surface area (Å²) in [6.45, 7) is 0. The topological polar surface area (TPSA) is 104 Å². The molecule has 0 saturated heterocycles. The van der Waals surface area contributed by atoms with Crippen LogP contribution in [0.1, 0.15) is 13.8 Å². The Kier molecular flexibility index (Phi) is 1.32. The molecule has 76 valence electrons. The van der Waals surface area contributed by atoms with E-state index in [0.717, 1.165) is 0 Å². The van der Waals surface area contributed by atoms with Crippen molar-refractivity contribution >= 4 is 5.97 Å². The molecule has 5 nitrogen and oxygen atoms in total. The van der Waals surface area contributed by atoms with E-state index >= 15 is 0 Å². The number of carboxylic acid groups (broad SMARTS) is 1. The summed E-state index contributed by atoms with van der Waals surface area (Å²) < 4.78 is 44.8.